The molecule has 20 heavy (non-hydrogen) atoms. The molecule has 0 saturated carbocycles. The van der Waals surface area contributed by atoms with Crippen LogP contribution in [0.2, 0.25) is 0 Å². The fourth-order valence-electron chi connectivity index (χ4n) is 1.77. The second-order valence-electron chi connectivity index (χ2n) is 3.94. The molecule has 5 heteroatoms. The van der Waals surface area contributed by atoms with Crippen molar-refractivity contribution in [3.05, 3.63) is 48.2 Å². The normalized spacial score (nSPS) is 10.1. The van der Waals surface area contributed by atoms with Gasteiger partial charge in [-0.05, 0) is 37.4 Å². The van der Waals surface area contributed by atoms with Gasteiger partial charge in [-0.25, -0.2) is 4.98 Å². The molecule has 2 aromatic rings. The number of nitrogens with one attached hydrogen (secondary N) is 1. The Morgan fingerprint density at radius 2 is 2.10 bits per heavy atom. The molecule has 0 saturated heterocycles. The van der Waals surface area contributed by atoms with Gasteiger partial charge in [0.25, 0.3) is 5.91 Å². The number of carbonyl (C=O) groups excluding carboxylic acids is 1. The van der Waals surface area contributed by atoms with Crippen molar-refractivity contribution in [3.63, 3.8) is 0 Å². The zero-order valence-electron chi connectivity index (χ0n) is 11.4. The van der Waals surface area contributed by atoms with Crippen molar-refractivity contribution in [2.24, 2.45) is 0 Å². The van der Waals surface area contributed by atoms with Gasteiger partial charge < -0.3 is 10.1 Å². The van der Waals surface area contributed by atoms with Gasteiger partial charge in [-0.15, -0.1) is 11.8 Å². The Bertz CT molecular complexity index is 602. The molecular formula is C15H16N2O2S. The van der Waals surface area contributed by atoms with Crippen LogP contribution in [0.5, 0.6) is 5.75 Å². The predicted octanol–water partition coefficient (Wildman–Crippen LogP) is 3.45. The van der Waals surface area contributed by atoms with E-state index in [1.807, 2.05) is 37.4 Å². The van der Waals surface area contributed by atoms with Crippen molar-refractivity contribution in [2.75, 3.05) is 18.2 Å². The third kappa shape index (κ3) is 3.30. The number of hydrogen-bond acceptors (Lipinski definition) is 4. The van der Waals surface area contributed by atoms with E-state index < -0.39 is 0 Å². The highest BCUT2D eigenvalue weighted by molar-refractivity contribution is 7.98. The average Bonchev–Trinajstić information content (AvgIpc) is 2.49. The molecule has 0 aliphatic heterocycles. The number of anilines is 1. The predicted molar refractivity (Wildman–Crippen MR) is 81.6 cm³/mol. The fourth-order valence-corrected chi connectivity index (χ4v) is 2.31. The minimum atomic E-state index is -0.186. The van der Waals surface area contributed by atoms with Crippen LogP contribution in [0.15, 0.2) is 47.6 Å². The first-order valence-electron chi connectivity index (χ1n) is 6.28. The van der Waals surface area contributed by atoms with Crippen molar-refractivity contribution < 1.29 is 9.53 Å². The summed E-state index contributed by atoms with van der Waals surface area (Å²) < 4.78 is 5.49. The van der Waals surface area contributed by atoms with Gasteiger partial charge in [0.15, 0.2) is 0 Å². The van der Waals surface area contributed by atoms with Crippen LogP contribution in [-0.2, 0) is 0 Å². The van der Waals surface area contributed by atoms with Crippen LogP contribution in [-0.4, -0.2) is 23.8 Å². The van der Waals surface area contributed by atoms with Crippen LogP contribution >= 0.6 is 11.8 Å². The first kappa shape index (κ1) is 14.4. The lowest BCUT2D eigenvalue weighted by atomic mass is 10.2. The Balaban J connectivity index is 2.24. The zero-order chi connectivity index (χ0) is 14.4. The standard InChI is InChI=1S/C15H16N2O2S/c1-3-19-13-9-5-4-8-12(13)17-14(18)11-7-6-10-16-15(11)20-2/h4-10H,3H2,1-2H3,(H,17,18). The summed E-state index contributed by atoms with van der Waals surface area (Å²) in [5.74, 6) is 0.479. The number of benzene rings is 1. The first-order chi connectivity index (χ1) is 9.76. The Labute approximate surface area is 122 Å². The van der Waals surface area contributed by atoms with Gasteiger partial charge in [0.05, 0.1) is 17.9 Å². The maximum Gasteiger partial charge on any atom is 0.258 e. The zero-order valence-corrected chi connectivity index (χ0v) is 12.2. The van der Waals surface area contributed by atoms with Crippen LogP contribution < -0.4 is 10.1 Å². The van der Waals surface area contributed by atoms with Crippen molar-refractivity contribution in [2.45, 2.75) is 11.9 Å². The number of amides is 1. The molecule has 0 radical (unpaired) electrons. The molecular weight excluding hydrogens is 272 g/mol. The molecule has 1 aromatic heterocycles. The molecule has 2 rings (SSSR count). The third-order valence-corrected chi connectivity index (χ3v) is 3.36. The van der Waals surface area contributed by atoms with Crippen molar-refractivity contribution in [1.29, 1.82) is 0 Å². The monoisotopic (exact) mass is 288 g/mol. The van der Waals surface area contributed by atoms with Gasteiger partial charge in [0.1, 0.15) is 10.8 Å². The molecule has 1 heterocycles. The van der Waals surface area contributed by atoms with Gasteiger partial charge in [-0.1, -0.05) is 12.1 Å². The number of hydrogen-bond donors (Lipinski definition) is 1. The summed E-state index contributed by atoms with van der Waals surface area (Å²) in [6.07, 6.45) is 3.57. The summed E-state index contributed by atoms with van der Waals surface area (Å²) in [5, 5.41) is 3.58. The number of pyridine rings is 1. The lowest BCUT2D eigenvalue weighted by molar-refractivity contribution is 0.102. The van der Waals surface area contributed by atoms with Crippen LogP contribution in [0.4, 0.5) is 5.69 Å². The lowest BCUT2D eigenvalue weighted by Gasteiger charge is -2.12. The van der Waals surface area contributed by atoms with Gasteiger partial charge in [-0.2, -0.15) is 0 Å². The highest BCUT2D eigenvalue weighted by atomic mass is 32.2. The number of carbonyl (C=O) groups is 1. The molecule has 0 aliphatic rings. The van der Waals surface area contributed by atoms with Crippen LogP contribution in [0.25, 0.3) is 0 Å². The van der Waals surface area contributed by atoms with Crippen molar-refractivity contribution in [3.8, 4) is 5.75 Å². The molecule has 4 nitrogen and oxygen atoms in total. The average molecular weight is 288 g/mol. The van der Waals surface area contributed by atoms with E-state index in [0.29, 0.717) is 28.6 Å². The molecule has 0 bridgehead atoms. The molecule has 0 unspecified atom stereocenters. The number of nitrogens with zero attached hydrogens (tertiary/aromatic N) is 1. The van der Waals surface area contributed by atoms with E-state index in [0.717, 1.165) is 0 Å². The molecule has 0 fully saturated rings. The maximum atomic E-state index is 12.3. The summed E-state index contributed by atoms with van der Waals surface area (Å²) in [7, 11) is 0. The minimum absolute atomic E-state index is 0.186. The van der Waals surface area contributed by atoms with E-state index in [1.165, 1.54) is 11.8 Å². The number of para-hydroxylation sites is 2. The lowest BCUT2D eigenvalue weighted by Crippen LogP contribution is -2.14. The van der Waals surface area contributed by atoms with Gasteiger partial charge in [0, 0.05) is 6.20 Å². The van der Waals surface area contributed by atoms with Crippen LogP contribution in [0, 0.1) is 0 Å². The van der Waals surface area contributed by atoms with E-state index in [2.05, 4.69) is 10.3 Å². The Morgan fingerprint density at radius 1 is 1.30 bits per heavy atom. The third-order valence-electron chi connectivity index (χ3n) is 2.64. The van der Waals surface area contributed by atoms with E-state index in [1.54, 1.807) is 18.3 Å². The Hall–Kier alpha value is -2.01. The van der Waals surface area contributed by atoms with E-state index in [-0.39, 0.29) is 5.91 Å². The second-order valence-corrected chi connectivity index (χ2v) is 4.74. The fraction of sp³-hybridized carbons (Fsp3) is 0.200. The summed E-state index contributed by atoms with van der Waals surface area (Å²) in [6.45, 7) is 2.46. The smallest absolute Gasteiger partial charge is 0.258 e. The van der Waals surface area contributed by atoms with E-state index >= 15 is 0 Å². The number of thioether (sulfide) groups is 1. The Morgan fingerprint density at radius 3 is 2.85 bits per heavy atom. The highest BCUT2D eigenvalue weighted by Gasteiger charge is 2.13. The quantitative estimate of drug-likeness (QED) is 0.856. The van der Waals surface area contributed by atoms with Crippen molar-refractivity contribution >= 4 is 23.4 Å². The molecule has 1 N–H and O–H groups in total. The molecule has 0 atom stereocenters. The summed E-state index contributed by atoms with van der Waals surface area (Å²) in [6, 6.07) is 10.9. The number of ether oxygens (including phenoxy) is 1. The van der Waals surface area contributed by atoms with E-state index in [9.17, 15) is 4.79 Å². The van der Waals surface area contributed by atoms with Crippen molar-refractivity contribution in [1.82, 2.24) is 4.98 Å². The molecule has 1 amide bonds. The van der Waals surface area contributed by atoms with Crippen LogP contribution in [0.3, 0.4) is 0 Å². The largest absolute Gasteiger partial charge is 0.492 e. The molecule has 0 aliphatic carbocycles. The molecule has 1 aromatic carbocycles. The summed E-state index contributed by atoms with van der Waals surface area (Å²) in [5.41, 5.74) is 1.22. The van der Waals surface area contributed by atoms with Gasteiger partial charge >= 0.3 is 0 Å². The number of aromatic nitrogens is 1. The minimum Gasteiger partial charge on any atom is -0.492 e. The SMILES string of the molecule is CCOc1ccccc1NC(=O)c1cccnc1SC. The highest BCUT2D eigenvalue weighted by Crippen LogP contribution is 2.25. The molecule has 104 valence electrons. The second kappa shape index (κ2) is 6.96. The summed E-state index contributed by atoms with van der Waals surface area (Å²) in [4.78, 5) is 16.5. The first-order valence-corrected chi connectivity index (χ1v) is 7.51. The maximum absolute atomic E-state index is 12.3. The van der Waals surface area contributed by atoms with Gasteiger partial charge in [0.2, 0.25) is 0 Å². The Kier molecular flexibility index (Phi) is 5.01. The van der Waals surface area contributed by atoms with Crippen LogP contribution in [0.1, 0.15) is 17.3 Å². The number of rotatable bonds is 5. The summed E-state index contributed by atoms with van der Waals surface area (Å²) >= 11 is 1.45. The van der Waals surface area contributed by atoms with E-state index in [4.69, 9.17) is 4.74 Å². The topological polar surface area (TPSA) is 51.2 Å². The van der Waals surface area contributed by atoms with Gasteiger partial charge in [-0.3, -0.25) is 4.79 Å². The molecule has 0 spiro atoms.